The highest BCUT2D eigenvalue weighted by atomic mass is 35.5. The van der Waals surface area contributed by atoms with Gasteiger partial charge in [0.15, 0.2) is 0 Å². The minimum absolute atomic E-state index is 0.00596. The van der Waals surface area contributed by atoms with Crippen LogP contribution in [0.1, 0.15) is 11.1 Å². The number of aryl methyl sites for hydroxylation is 1. The Morgan fingerprint density at radius 2 is 1.69 bits per heavy atom. The van der Waals surface area contributed by atoms with E-state index in [-0.39, 0.29) is 16.3 Å². The van der Waals surface area contributed by atoms with Gasteiger partial charge in [-0.05, 0) is 60.2 Å². The number of amides is 1. The molecule has 4 rings (SSSR count). The van der Waals surface area contributed by atoms with Gasteiger partial charge >= 0.3 is 0 Å². The van der Waals surface area contributed by atoms with Gasteiger partial charge in [-0.2, -0.15) is 5.10 Å². The monoisotopic (exact) mass is 507 g/mol. The Labute approximate surface area is 208 Å². The highest BCUT2D eigenvalue weighted by Gasteiger charge is 2.27. The third-order valence-corrected chi connectivity index (χ3v) is 7.38. The Morgan fingerprint density at radius 3 is 2.40 bits per heavy atom. The van der Waals surface area contributed by atoms with E-state index in [0.29, 0.717) is 10.6 Å². The number of phenols is 1. The van der Waals surface area contributed by atoms with Crippen molar-refractivity contribution >= 4 is 50.2 Å². The van der Waals surface area contributed by atoms with Crippen molar-refractivity contribution in [2.75, 3.05) is 10.8 Å². The first-order valence-corrected chi connectivity index (χ1v) is 12.4. The Balaban J connectivity index is 1.59. The summed E-state index contributed by atoms with van der Waals surface area (Å²) in [7, 11) is -4.05. The number of carbonyl (C=O) groups excluding carboxylic acids is 1. The first-order valence-electron chi connectivity index (χ1n) is 10.6. The topological polar surface area (TPSA) is 99.1 Å². The van der Waals surface area contributed by atoms with Gasteiger partial charge in [-0.15, -0.1) is 0 Å². The molecule has 0 fully saturated rings. The highest BCUT2D eigenvalue weighted by molar-refractivity contribution is 7.92. The highest BCUT2D eigenvalue weighted by Crippen LogP contribution is 2.26. The number of hydrogen-bond acceptors (Lipinski definition) is 5. The molecule has 35 heavy (non-hydrogen) atoms. The van der Waals surface area contributed by atoms with Crippen LogP contribution in [-0.4, -0.2) is 32.2 Å². The molecule has 7 nitrogen and oxygen atoms in total. The number of nitrogens with one attached hydrogen (secondary N) is 1. The third kappa shape index (κ3) is 5.45. The average Bonchev–Trinajstić information content (AvgIpc) is 2.85. The van der Waals surface area contributed by atoms with Crippen LogP contribution in [0.15, 0.2) is 94.9 Å². The van der Waals surface area contributed by atoms with Gasteiger partial charge in [0.25, 0.3) is 15.9 Å². The lowest BCUT2D eigenvalue weighted by molar-refractivity contribution is -0.119. The number of fused-ring (bicyclic) bond motifs is 1. The Morgan fingerprint density at radius 1 is 1.00 bits per heavy atom. The van der Waals surface area contributed by atoms with Crippen LogP contribution in [0.3, 0.4) is 0 Å². The lowest BCUT2D eigenvalue weighted by Gasteiger charge is -2.23. The lowest BCUT2D eigenvalue weighted by Crippen LogP contribution is -2.39. The van der Waals surface area contributed by atoms with Crippen molar-refractivity contribution in [3.8, 4) is 5.75 Å². The molecule has 0 atom stereocenters. The molecule has 4 aromatic carbocycles. The van der Waals surface area contributed by atoms with Gasteiger partial charge in [0.05, 0.1) is 16.8 Å². The van der Waals surface area contributed by atoms with E-state index >= 15 is 0 Å². The molecular weight excluding hydrogens is 486 g/mol. The predicted octanol–water partition coefficient (Wildman–Crippen LogP) is 4.85. The number of phenolic OH excluding ortho intramolecular Hbond substituents is 1. The molecule has 0 bridgehead atoms. The van der Waals surface area contributed by atoms with Crippen molar-refractivity contribution in [2.24, 2.45) is 5.10 Å². The van der Waals surface area contributed by atoms with E-state index in [4.69, 9.17) is 11.6 Å². The van der Waals surface area contributed by atoms with Gasteiger partial charge in [0.1, 0.15) is 12.3 Å². The summed E-state index contributed by atoms with van der Waals surface area (Å²) in [5.41, 5.74) is 3.98. The number of aromatic hydroxyl groups is 1. The number of rotatable bonds is 7. The Hall–Kier alpha value is -3.88. The van der Waals surface area contributed by atoms with Gasteiger partial charge < -0.3 is 5.11 Å². The quantitative estimate of drug-likeness (QED) is 0.276. The summed E-state index contributed by atoms with van der Waals surface area (Å²) in [6, 6.07) is 23.3. The molecule has 0 aromatic heterocycles. The fourth-order valence-corrected chi connectivity index (χ4v) is 5.06. The normalized spacial score (nSPS) is 11.6. The molecule has 9 heteroatoms. The van der Waals surface area contributed by atoms with Crippen molar-refractivity contribution in [1.29, 1.82) is 0 Å². The van der Waals surface area contributed by atoms with Crippen molar-refractivity contribution in [3.05, 3.63) is 101 Å². The molecule has 0 unspecified atom stereocenters. The smallest absolute Gasteiger partial charge is 0.264 e. The van der Waals surface area contributed by atoms with Crippen molar-refractivity contribution in [1.82, 2.24) is 5.43 Å². The second kappa shape index (κ2) is 10.2. The number of anilines is 1. The second-order valence-electron chi connectivity index (χ2n) is 7.81. The zero-order valence-corrected chi connectivity index (χ0v) is 20.3. The largest absolute Gasteiger partial charge is 0.507 e. The molecule has 2 N–H and O–H groups in total. The van der Waals surface area contributed by atoms with Crippen LogP contribution in [0.4, 0.5) is 5.69 Å². The van der Waals surface area contributed by atoms with Crippen LogP contribution in [0.25, 0.3) is 10.8 Å². The van der Waals surface area contributed by atoms with Crippen LogP contribution in [0.2, 0.25) is 5.02 Å². The summed E-state index contributed by atoms with van der Waals surface area (Å²) >= 11 is 5.96. The summed E-state index contributed by atoms with van der Waals surface area (Å²) < 4.78 is 27.8. The molecule has 0 aliphatic rings. The molecule has 0 saturated carbocycles. The van der Waals surface area contributed by atoms with E-state index in [1.165, 1.54) is 30.5 Å². The molecule has 0 spiro atoms. The summed E-state index contributed by atoms with van der Waals surface area (Å²) in [5.74, 6) is -0.655. The van der Waals surface area contributed by atoms with E-state index in [9.17, 15) is 18.3 Å². The van der Waals surface area contributed by atoms with E-state index in [2.05, 4.69) is 10.5 Å². The Kier molecular flexibility index (Phi) is 7.04. The molecule has 178 valence electrons. The molecule has 0 saturated heterocycles. The SMILES string of the molecule is Cc1ccc(S(=O)(=O)N(CC(=O)N/N=C\c2c(O)ccc3ccccc23)c2ccc(Cl)cc2)cc1. The number of sulfonamides is 1. The zero-order chi connectivity index (χ0) is 25.0. The molecule has 1 amide bonds. The third-order valence-electron chi connectivity index (χ3n) is 5.34. The summed E-state index contributed by atoms with van der Waals surface area (Å²) in [4.78, 5) is 12.8. The first-order chi connectivity index (χ1) is 16.8. The fraction of sp³-hybridized carbons (Fsp3) is 0.0769. The van der Waals surface area contributed by atoms with Crippen LogP contribution < -0.4 is 9.73 Å². The van der Waals surface area contributed by atoms with Crippen LogP contribution >= 0.6 is 11.6 Å². The minimum atomic E-state index is -4.05. The molecule has 0 heterocycles. The lowest BCUT2D eigenvalue weighted by atomic mass is 10.0. The number of nitrogens with zero attached hydrogens (tertiary/aromatic N) is 2. The summed E-state index contributed by atoms with van der Waals surface area (Å²) in [5, 5.41) is 16.3. The predicted molar refractivity (Wildman–Crippen MR) is 139 cm³/mol. The molecule has 0 radical (unpaired) electrons. The van der Waals surface area contributed by atoms with Gasteiger partial charge in [0, 0.05) is 10.6 Å². The number of halogens is 1. The van der Waals surface area contributed by atoms with E-state index in [0.717, 1.165) is 20.6 Å². The number of benzene rings is 4. The molecular formula is C26H22ClN3O4S. The Bertz CT molecular complexity index is 1500. The zero-order valence-electron chi connectivity index (χ0n) is 18.7. The minimum Gasteiger partial charge on any atom is -0.507 e. The number of hydrogen-bond donors (Lipinski definition) is 2. The standard InChI is InChI=1S/C26H22ClN3O4S/c1-18-6-13-22(14-7-18)35(33,34)30(21-11-9-20(27)10-12-21)17-26(32)29-28-16-24-23-5-3-2-4-19(23)8-15-25(24)31/h2-16,31H,17H2,1H3,(H,29,32)/b28-16-. The van der Waals surface area contributed by atoms with Crippen LogP contribution in [-0.2, 0) is 14.8 Å². The van der Waals surface area contributed by atoms with Crippen LogP contribution in [0.5, 0.6) is 5.75 Å². The maximum Gasteiger partial charge on any atom is 0.264 e. The molecule has 0 aliphatic carbocycles. The van der Waals surface area contributed by atoms with Crippen molar-refractivity contribution in [2.45, 2.75) is 11.8 Å². The van der Waals surface area contributed by atoms with Crippen LogP contribution in [0, 0.1) is 6.92 Å². The summed E-state index contributed by atoms with van der Waals surface area (Å²) in [6.45, 7) is 1.34. The van der Waals surface area contributed by atoms with Gasteiger partial charge in [0.2, 0.25) is 0 Å². The van der Waals surface area contributed by atoms with E-state index < -0.39 is 22.5 Å². The molecule has 0 aliphatic heterocycles. The maximum absolute atomic E-state index is 13.4. The van der Waals surface area contributed by atoms with Gasteiger partial charge in [-0.1, -0.05) is 59.6 Å². The van der Waals surface area contributed by atoms with Crippen molar-refractivity contribution in [3.63, 3.8) is 0 Å². The first kappa shape index (κ1) is 24.3. The molecule has 4 aromatic rings. The van der Waals surface area contributed by atoms with E-state index in [1.54, 1.807) is 36.4 Å². The van der Waals surface area contributed by atoms with E-state index in [1.807, 2.05) is 31.2 Å². The van der Waals surface area contributed by atoms with Crippen molar-refractivity contribution < 1.29 is 18.3 Å². The average molecular weight is 508 g/mol. The van der Waals surface area contributed by atoms with Gasteiger partial charge in [-0.25, -0.2) is 13.8 Å². The summed E-state index contributed by atoms with van der Waals surface area (Å²) in [6.07, 6.45) is 1.33. The number of carbonyl (C=O) groups is 1. The van der Waals surface area contributed by atoms with Gasteiger partial charge in [-0.3, -0.25) is 9.10 Å². The fourth-order valence-electron chi connectivity index (χ4n) is 3.51. The second-order valence-corrected chi connectivity index (χ2v) is 10.1. The maximum atomic E-state index is 13.4. The number of hydrazone groups is 1.